The van der Waals surface area contributed by atoms with Gasteiger partial charge in [0.15, 0.2) is 0 Å². The minimum Gasteiger partial charge on any atom is -0.335 e. The monoisotopic (exact) mass is 258 g/mol. The smallest absolute Gasteiger partial charge is 0.319 e. The fourth-order valence-corrected chi connectivity index (χ4v) is 1.60. The SMILES string of the molecule is CCC(C)NC(=O)Nc1cnn(-c2ccccc2)c1. The van der Waals surface area contributed by atoms with E-state index in [1.54, 1.807) is 17.1 Å². The number of hydrogen-bond acceptors (Lipinski definition) is 2. The fraction of sp³-hybridized carbons (Fsp3) is 0.286. The van der Waals surface area contributed by atoms with Crippen LogP contribution in [0.25, 0.3) is 5.69 Å². The van der Waals surface area contributed by atoms with Gasteiger partial charge >= 0.3 is 6.03 Å². The zero-order valence-electron chi connectivity index (χ0n) is 11.1. The van der Waals surface area contributed by atoms with Crippen molar-refractivity contribution in [3.63, 3.8) is 0 Å². The molecule has 0 saturated heterocycles. The summed E-state index contributed by atoms with van der Waals surface area (Å²) < 4.78 is 1.72. The molecule has 2 amide bonds. The molecular weight excluding hydrogens is 240 g/mol. The van der Waals surface area contributed by atoms with Crippen LogP contribution in [0.4, 0.5) is 10.5 Å². The van der Waals surface area contributed by atoms with Crippen LogP contribution >= 0.6 is 0 Å². The summed E-state index contributed by atoms with van der Waals surface area (Å²) in [7, 11) is 0. The van der Waals surface area contributed by atoms with Crippen LogP contribution in [-0.4, -0.2) is 21.9 Å². The Hall–Kier alpha value is -2.30. The van der Waals surface area contributed by atoms with E-state index >= 15 is 0 Å². The Morgan fingerprint density at radius 3 is 2.79 bits per heavy atom. The number of anilines is 1. The van der Waals surface area contributed by atoms with Crippen LogP contribution in [0.1, 0.15) is 20.3 Å². The van der Waals surface area contributed by atoms with Gasteiger partial charge in [-0.05, 0) is 25.5 Å². The molecule has 0 spiro atoms. The number of carbonyl (C=O) groups excluding carboxylic acids is 1. The second-order valence-corrected chi connectivity index (χ2v) is 4.42. The van der Waals surface area contributed by atoms with Gasteiger partial charge in [0, 0.05) is 6.04 Å². The molecule has 1 unspecified atom stereocenters. The number of aromatic nitrogens is 2. The van der Waals surface area contributed by atoms with E-state index in [1.807, 2.05) is 44.2 Å². The van der Waals surface area contributed by atoms with E-state index in [2.05, 4.69) is 15.7 Å². The summed E-state index contributed by atoms with van der Waals surface area (Å²) in [5, 5.41) is 9.82. The number of nitrogens with one attached hydrogen (secondary N) is 2. The Kier molecular flexibility index (Phi) is 4.18. The molecule has 0 aliphatic rings. The first-order valence-corrected chi connectivity index (χ1v) is 6.36. The van der Waals surface area contributed by atoms with Gasteiger partial charge in [-0.3, -0.25) is 0 Å². The van der Waals surface area contributed by atoms with Crippen molar-refractivity contribution in [2.45, 2.75) is 26.3 Å². The topological polar surface area (TPSA) is 59.0 Å². The summed E-state index contributed by atoms with van der Waals surface area (Å²) >= 11 is 0. The molecule has 1 aromatic carbocycles. The highest BCUT2D eigenvalue weighted by molar-refractivity contribution is 5.89. The molecule has 1 heterocycles. The molecule has 1 aromatic heterocycles. The second kappa shape index (κ2) is 6.04. The van der Waals surface area contributed by atoms with Gasteiger partial charge in [0.2, 0.25) is 0 Å². The summed E-state index contributed by atoms with van der Waals surface area (Å²) in [6.07, 6.45) is 4.31. The number of nitrogens with zero attached hydrogens (tertiary/aromatic N) is 2. The van der Waals surface area contributed by atoms with Gasteiger partial charge in [0.25, 0.3) is 0 Å². The standard InChI is InChI=1S/C14H18N4O/c1-3-11(2)16-14(19)17-12-9-15-18(10-12)13-7-5-4-6-8-13/h4-11H,3H2,1-2H3,(H2,16,17,19). The maximum atomic E-state index is 11.7. The largest absolute Gasteiger partial charge is 0.335 e. The van der Waals surface area contributed by atoms with Crippen LogP contribution in [0, 0.1) is 0 Å². The molecular formula is C14H18N4O. The van der Waals surface area contributed by atoms with Crippen LogP contribution < -0.4 is 10.6 Å². The Morgan fingerprint density at radius 1 is 1.37 bits per heavy atom. The zero-order valence-corrected chi connectivity index (χ0v) is 11.1. The van der Waals surface area contributed by atoms with E-state index in [-0.39, 0.29) is 12.1 Å². The molecule has 2 rings (SSSR count). The minimum absolute atomic E-state index is 0.157. The summed E-state index contributed by atoms with van der Waals surface area (Å²) in [6.45, 7) is 3.99. The molecule has 0 aliphatic carbocycles. The molecule has 2 aromatic rings. The third-order valence-corrected chi connectivity index (χ3v) is 2.85. The minimum atomic E-state index is -0.207. The van der Waals surface area contributed by atoms with Crippen molar-refractivity contribution in [1.29, 1.82) is 0 Å². The highest BCUT2D eigenvalue weighted by Crippen LogP contribution is 2.11. The maximum absolute atomic E-state index is 11.7. The Bertz CT molecular complexity index is 535. The number of hydrogen-bond donors (Lipinski definition) is 2. The summed E-state index contributed by atoms with van der Waals surface area (Å²) in [5.74, 6) is 0. The average Bonchev–Trinajstić information content (AvgIpc) is 2.88. The fourth-order valence-electron chi connectivity index (χ4n) is 1.60. The van der Waals surface area contributed by atoms with E-state index in [0.717, 1.165) is 12.1 Å². The molecule has 0 aliphatic heterocycles. The molecule has 1 atom stereocenters. The van der Waals surface area contributed by atoms with Crippen molar-refractivity contribution in [2.75, 3.05) is 5.32 Å². The van der Waals surface area contributed by atoms with Crippen molar-refractivity contribution >= 4 is 11.7 Å². The first kappa shape index (κ1) is 13.1. The number of urea groups is 1. The van der Waals surface area contributed by atoms with Gasteiger partial charge in [-0.25, -0.2) is 9.48 Å². The number of rotatable bonds is 4. The molecule has 0 saturated carbocycles. The summed E-state index contributed by atoms with van der Waals surface area (Å²) in [5.41, 5.74) is 1.63. The van der Waals surface area contributed by atoms with Crippen molar-refractivity contribution in [3.05, 3.63) is 42.7 Å². The summed E-state index contributed by atoms with van der Waals surface area (Å²) in [4.78, 5) is 11.7. The maximum Gasteiger partial charge on any atom is 0.319 e. The lowest BCUT2D eigenvalue weighted by atomic mass is 10.3. The van der Waals surface area contributed by atoms with Crippen LogP contribution in [0.15, 0.2) is 42.7 Å². The number of para-hydroxylation sites is 1. The van der Waals surface area contributed by atoms with E-state index < -0.39 is 0 Å². The predicted octanol–water partition coefficient (Wildman–Crippen LogP) is 2.79. The molecule has 2 N–H and O–H groups in total. The molecule has 0 radical (unpaired) electrons. The predicted molar refractivity (Wildman–Crippen MR) is 75.5 cm³/mol. The Labute approximate surface area is 112 Å². The van der Waals surface area contributed by atoms with Crippen molar-refractivity contribution in [2.24, 2.45) is 0 Å². The van der Waals surface area contributed by atoms with Crippen molar-refractivity contribution < 1.29 is 4.79 Å². The van der Waals surface area contributed by atoms with Crippen LogP contribution in [-0.2, 0) is 0 Å². The number of carbonyl (C=O) groups is 1. The van der Waals surface area contributed by atoms with E-state index in [9.17, 15) is 4.79 Å². The highest BCUT2D eigenvalue weighted by Gasteiger charge is 2.07. The first-order chi connectivity index (χ1) is 9.19. The third-order valence-electron chi connectivity index (χ3n) is 2.85. The Morgan fingerprint density at radius 2 is 2.11 bits per heavy atom. The first-order valence-electron chi connectivity index (χ1n) is 6.36. The molecule has 0 fully saturated rings. The summed E-state index contributed by atoms with van der Waals surface area (Å²) in [6, 6.07) is 9.70. The molecule has 19 heavy (non-hydrogen) atoms. The number of amides is 2. The van der Waals surface area contributed by atoms with Crippen LogP contribution in [0.5, 0.6) is 0 Å². The van der Waals surface area contributed by atoms with Crippen molar-refractivity contribution in [1.82, 2.24) is 15.1 Å². The van der Waals surface area contributed by atoms with Gasteiger partial charge in [0.05, 0.1) is 23.8 Å². The van der Waals surface area contributed by atoms with Gasteiger partial charge in [-0.1, -0.05) is 25.1 Å². The van der Waals surface area contributed by atoms with Gasteiger partial charge < -0.3 is 10.6 Å². The second-order valence-electron chi connectivity index (χ2n) is 4.42. The van der Waals surface area contributed by atoms with E-state index in [1.165, 1.54) is 0 Å². The highest BCUT2D eigenvalue weighted by atomic mass is 16.2. The Balaban J connectivity index is 2.00. The van der Waals surface area contributed by atoms with Crippen LogP contribution in [0.2, 0.25) is 0 Å². The average molecular weight is 258 g/mol. The lowest BCUT2D eigenvalue weighted by Gasteiger charge is -2.11. The normalized spacial score (nSPS) is 11.9. The lowest BCUT2D eigenvalue weighted by molar-refractivity contribution is 0.249. The molecule has 5 nitrogen and oxygen atoms in total. The van der Waals surface area contributed by atoms with Crippen molar-refractivity contribution in [3.8, 4) is 5.69 Å². The zero-order chi connectivity index (χ0) is 13.7. The third kappa shape index (κ3) is 3.58. The van der Waals surface area contributed by atoms with Crippen LogP contribution in [0.3, 0.4) is 0 Å². The molecule has 100 valence electrons. The quantitative estimate of drug-likeness (QED) is 0.886. The van der Waals surface area contributed by atoms with E-state index in [4.69, 9.17) is 0 Å². The molecule has 5 heteroatoms. The van der Waals surface area contributed by atoms with Gasteiger partial charge in [-0.2, -0.15) is 5.10 Å². The van der Waals surface area contributed by atoms with Gasteiger partial charge in [-0.15, -0.1) is 0 Å². The lowest BCUT2D eigenvalue weighted by Crippen LogP contribution is -2.35. The molecule has 0 bridgehead atoms. The van der Waals surface area contributed by atoms with E-state index in [0.29, 0.717) is 5.69 Å². The van der Waals surface area contributed by atoms with Gasteiger partial charge in [0.1, 0.15) is 0 Å². The number of benzene rings is 1.